The predicted molar refractivity (Wildman–Crippen MR) is 220 cm³/mol. The molecule has 2 atom stereocenters. The van der Waals surface area contributed by atoms with Crippen molar-refractivity contribution in [3.05, 3.63) is 13.8 Å². The van der Waals surface area contributed by atoms with Gasteiger partial charge < -0.3 is 10.2 Å². The van der Waals surface area contributed by atoms with E-state index in [4.69, 9.17) is 0 Å². The molecule has 0 saturated heterocycles. The van der Waals surface area contributed by atoms with Gasteiger partial charge in [-0.25, -0.2) is 19.8 Å². The first-order valence-corrected chi connectivity index (χ1v) is 21.5. The Balaban J connectivity index is -0.000000224. The molecule has 0 aliphatic heterocycles. The van der Waals surface area contributed by atoms with Crippen molar-refractivity contribution in [2.75, 3.05) is 0 Å². The molecule has 6 nitrogen and oxygen atoms in total. The minimum Gasteiger partial charge on any atom is -0.393 e. The number of unbranched alkanes of at least 4 members (excludes halogenated alkanes) is 22. The largest absolute Gasteiger partial charge is 0.393 e. The molecule has 0 fully saturated rings. The van der Waals surface area contributed by atoms with Crippen LogP contribution in [0, 0.1) is 13.8 Å². The molecule has 2 N–H and O–H groups in total. The van der Waals surface area contributed by atoms with Gasteiger partial charge >= 0.3 is 11.9 Å². The summed E-state index contributed by atoms with van der Waals surface area (Å²) in [4.78, 5) is 20.5. The van der Waals surface area contributed by atoms with Gasteiger partial charge in [0.05, 0.1) is 25.0 Å². The number of carbonyl (C=O) groups is 2. The van der Waals surface area contributed by atoms with E-state index in [0.29, 0.717) is 0 Å². The molecule has 0 aromatic carbocycles. The summed E-state index contributed by atoms with van der Waals surface area (Å²) in [5.41, 5.74) is 0. The van der Waals surface area contributed by atoms with E-state index in [1.807, 2.05) is 0 Å². The van der Waals surface area contributed by atoms with Gasteiger partial charge in [-0.05, 0) is 38.5 Å². The van der Waals surface area contributed by atoms with Gasteiger partial charge in [0, 0.05) is 23.9 Å². The molecule has 0 spiro atoms. The second-order valence-electron chi connectivity index (χ2n) is 14.2. The Morgan fingerprint density at radius 3 is 0.784 bits per heavy atom. The van der Waals surface area contributed by atoms with Crippen LogP contribution in [-0.2, 0) is 19.8 Å². The molecule has 7 heteroatoms. The van der Waals surface area contributed by atoms with E-state index in [1.54, 1.807) is 0 Å². The summed E-state index contributed by atoms with van der Waals surface area (Å²) < 4.78 is 0. The van der Waals surface area contributed by atoms with E-state index >= 15 is 0 Å². The molecule has 304 valence electrons. The van der Waals surface area contributed by atoms with Crippen LogP contribution in [-0.4, -0.2) is 58.3 Å². The van der Waals surface area contributed by atoms with Gasteiger partial charge in [0.25, 0.3) is 0 Å². The molecule has 8 radical (unpaired) electrons. The molecule has 51 heavy (non-hydrogen) atoms. The maximum atomic E-state index is 10.2. The SMILES string of the molecule is CCCCCCC(O)CCCCCCCCCCC([O])=O.CCCCCCC(O)CCCCCCCCCCC([O])=O.[CH2]CCC.[CH2]CCC.[Sn]. The van der Waals surface area contributed by atoms with Gasteiger partial charge in [-0.2, -0.15) is 0 Å². The molecular weight excluding hydrogens is 743 g/mol. The number of aliphatic hydroxyl groups is 2. The Bertz CT molecular complexity index is 562. The second-order valence-corrected chi connectivity index (χ2v) is 14.2. The van der Waals surface area contributed by atoms with E-state index in [9.17, 15) is 30.0 Å². The van der Waals surface area contributed by atoms with Crippen molar-refractivity contribution in [2.24, 2.45) is 0 Å². The second kappa shape index (κ2) is 56.4. The van der Waals surface area contributed by atoms with Crippen molar-refractivity contribution < 1.29 is 30.0 Å². The molecule has 0 aliphatic carbocycles. The van der Waals surface area contributed by atoms with Crippen LogP contribution >= 0.6 is 0 Å². The summed E-state index contributed by atoms with van der Waals surface area (Å²) in [6.07, 6.45) is 36.4. The number of rotatable bonds is 34. The fraction of sp³-hybridized carbons (Fsp3) is 0.909. The van der Waals surface area contributed by atoms with Crippen molar-refractivity contribution in [2.45, 2.75) is 258 Å². The summed E-state index contributed by atoms with van der Waals surface area (Å²) in [6, 6.07) is 0. The topological polar surface area (TPSA) is 114 Å². The Labute approximate surface area is 336 Å². The van der Waals surface area contributed by atoms with Crippen LogP contribution in [0.5, 0.6) is 0 Å². The maximum absolute atomic E-state index is 10.2. The maximum Gasteiger partial charge on any atom is 0.355 e. The molecule has 0 bridgehead atoms. The van der Waals surface area contributed by atoms with E-state index in [-0.39, 0.29) is 49.0 Å². The van der Waals surface area contributed by atoms with Gasteiger partial charge in [0.1, 0.15) is 0 Å². The van der Waals surface area contributed by atoms with E-state index in [0.717, 1.165) is 89.9 Å². The third-order valence-electron chi connectivity index (χ3n) is 8.83. The van der Waals surface area contributed by atoms with E-state index in [2.05, 4.69) is 41.5 Å². The zero-order valence-corrected chi connectivity index (χ0v) is 37.5. The molecule has 0 aromatic rings. The normalized spacial score (nSPS) is 11.5. The summed E-state index contributed by atoms with van der Waals surface area (Å²) >= 11 is 0. The van der Waals surface area contributed by atoms with Crippen LogP contribution < -0.4 is 0 Å². The zero-order valence-electron chi connectivity index (χ0n) is 34.6. The van der Waals surface area contributed by atoms with Crippen LogP contribution in [0.1, 0.15) is 246 Å². The summed E-state index contributed by atoms with van der Waals surface area (Å²) in [5.74, 6) is -1.86. The standard InChI is InChI=1S/2C18H35O3.2C4H9.Sn/c2*1-2-3-4-11-14-17(19)15-12-9-7-5-6-8-10-13-16-18(20)21;2*1-3-4-2;/h2*17,19H,2-16H2,1H3;2*1,3-4H2,2H3;. The predicted octanol–water partition coefficient (Wildman–Crippen LogP) is 13.2. The molecule has 0 heterocycles. The van der Waals surface area contributed by atoms with Crippen LogP contribution in [0.25, 0.3) is 0 Å². The van der Waals surface area contributed by atoms with Gasteiger partial charge in [-0.15, -0.1) is 0 Å². The molecular formula is C44H88O6Sn. The Kier molecular flexibility index (Phi) is 66.3. The number of carbonyl (C=O) groups excluding carboxylic acids is 2. The first kappa shape index (κ1) is 59.9. The van der Waals surface area contributed by atoms with Gasteiger partial charge in [0.2, 0.25) is 0 Å². The molecule has 2 unspecified atom stereocenters. The smallest absolute Gasteiger partial charge is 0.355 e. The molecule has 0 aromatic heterocycles. The van der Waals surface area contributed by atoms with Crippen LogP contribution in [0.3, 0.4) is 0 Å². The monoisotopic (exact) mass is 833 g/mol. The minimum atomic E-state index is -0.928. The molecule has 0 aliphatic rings. The van der Waals surface area contributed by atoms with Crippen LogP contribution in [0.2, 0.25) is 0 Å². The van der Waals surface area contributed by atoms with Crippen molar-refractivity contribution in [3.8, 4) is 0 Å². The van der Waals surface area contributed by atoms with Crippen molar-refractivity contribution in [3.63, 3.8) is 0 Å². The van der Waals surface area contributed by atoms with E-state index < -0.39 is 11.9 Å². The van der Waals surface area contributed by atoms with E-state index in [1.165, 1.54) is 116 Å². The summed E-state index contributed by atoms with van der Waals surface area (Å²) in [7, 11) is 0. The van der Waals surface area contributed by atoms with Gasteiger partial charge in [0.15, 0.2) is 0 Å². The number of hydrogen-bond acceptors (Lipinski definition) is 4. The van der Waals surface area contributed by atoms with Crippen LogP contribution in [0.15, 0.2) is 0 Å². The number of aliphatic hydroxyl groups excluding tert-OH is 2. The average Bonchev–Trinajstić information content (AvgIpc) is 3.10. The fourth-order valence-electron chi connectivity index (χ4n) is 5.32. The third kappa shape index (κ3) is 71.7. The Morgan fingerprint density at radius 1 is 0.392 bits per heavy atom. The minimum absolute atomic E-state index is 0. The summed E-state index contributed by atoms with van der Waals surface area (Å²) in [6.45, 7) is 15.9. The van der Waals surface area contributed by atoms with Gasteiger partial charge in [-0.1, -0.05) is 208 Å². The Morgan fingerprint density at radius 2 is 0.588 bits per heavy atom. The Hall–Kier alpha value is -0.341. The van der Waals surface area contributed by atoms with Crippen molar-refractivity contribution in [1.82, 2.24) is 0 Å². The summed E-state index contributed by atoms with van der Waals surface area (Å²) in [5, 5.41) is 40.1. The molecule has 0 saturated carbocycles. The van der Waals surface area contributed by atoms with Crippen LogP contribution in [0.4, 0.5) is 0 Å². The van der Waals surface area contributed by atoms with Crippen molar-refractivity contribution in [1.29, 1.82) is 0 Å². The quantitative estimate of drug-likeness (QED) is 0.0496. The zero-order chi connectivity index (χ0) is 38.4. The first-order chi connectivity index (χ1) is 24.2. The van der Waals surface area contributed by atoms with Gasteiger partial charge in [-0.3, -0.25) is 0 Å². The third-order valence-corrected chi connectivity index (χ3v) is 8.83. The molecule has 0 rings (SSSR count). The average molecular weight is 832 g/mol. The van der Waals surface area contributed by atoms with Crippen molar-refractivity contribution >= 4 is 35.8 Å². The fourth-order valence-corrected chi connectivity index (χ4v) is 5.32. The number of hydrogen-bond donors (Lipinski definition) is 2. The first-order valence-electron chi connectivity index (χ1n) is 21.5. The molecule has 0 amide bonds.